The second-order valence-corrected chi connectivity index (χ2v) is 6.58. The van der Waals surface area contributed by atoms with Gasteiger partial charge in [-0.3, -0.25) is 14.0 Å². The summed E-state index contributed by atoms with van der Waals surface area (Å²) in [6.45, 7) is 2.72. The molecule has 2 heterocycles. The molecule has 4 rings (SSSR count). The first kappa shape index (κ1) is 17.0. The Morgan fingerprint density at radius 3 is 2.67 bits per heavy atom. The average Bonchev–Trinajstić information content (AvgIpc) is 3.14. The molecule has 0 saturated carbocycles. The molecule has 1 N–H and O–H groups in total. The number of aromatic amines is 1. The Bertz CT molecular complexity index is 1190. The normalized spacial score (nSPS) is 11.2. The third-order valence-electron chi connectivity index (χ3n) is 4.66. The molecule has 4 aromatic rings. The van der Waals surface area contributed by atoms with Crippen LogP contribution in [0, 0.1) is 0 Å². The van der Waals surface area contributed by atoms with Crippen molar-refractivity contribution in [2.45, 2.75) is 13.3 Å². The number of aromatic nitrogens is 3. The fourth-order valence-electron chi connectivity index (χ4n) is 3.35. The first-order valence-electron chi connectivity index (χ1n) is 8.94. The third kappa shape index (κ3) is 2.89. The highest BCUT2D eigenvalue weighted by Gasteiger charge is 2.15. The van der Waals surface area contributed by atoms with E-state index < -0.39 is 0 Å². The summed E-state index contributed by atoms with van der Waals surface area (Å²) in [6, 6.07) is 15.1. The van der Waals surface area contributed by atoms with E-state index in [1.165, 1.54) is 0 Å². The fraction of sp³-hybridized carbons (Fsp3) is 0.190. The molecule has 0 fully saturated rings. The van der Waals surface area contributed by atoms with Gasteiger partial charge in [0, 0.05) is 24.7 Å². The van der Waals surface area contributed by atoms with Crippen molar-refractivity contribution in [3.05, 3.63) is 70.6 Å². The molecule has 1 amide bonds. The van der Waals surface area contributed by atoms with Crippen molar-refractivity contribution in [1.29, 1.82) is 0 Å². The Balaban J connectivity index is 1.93. The Kier molecular flexibility index (Phi) is 4.24. The number of nitrogens with zero attached hydrogens (tertiary/aromatic N) is 3. The molecule has 0 unspecified atom stereocenters. The molecule has 0 aliphatic carbocycles. The van der Waals surface area contributed by atoms with Gasteiger partial charge in [-0.25, -0.2) is 4.98 Å². The molecule has 136 valence electrons. The quantitative estimate of drug-likeness (QED) is 0.607. The topological polar surface area (TPSA) is 70.5 Å². The van der Waals surface area contributed by atoms with Gasteiger partial charge in [-0.05, 0) is 24.6 Å². The first-order chi connectivity index (χ1) is 13.1. The van der Waals surface area contributed by atoms with Crippen LogP contribution in [0.15, 0.2) is 59.5 Å². The summed E-state index contributed by atoms with van der Waals surface area (Å²) >= 11 is 0. The lowest BCUT2D eigenvalue weighted by atomic mass is 10.1. The van der Waals surface area contributed by atoms with Gasteiger partial charge in [0.2, 0.25) is 0 Å². The minimum absolute atomic E-state index is 0.0615. The van der Waals surface area contributed by atoms with E-state index in [1.807, 2.05) is 47.7 Å². The molecule has 6 heteroatoms. The summed E-state index contributed by atoms with van der Waals surface area (Å²) in [6.07, 6.45) is 2.47. The largest absolute Gasteiger partial charge is 0.342 e. The van der Waals surface area contributed by atoms with Crippen LogP contribution in [-0.4, -0.2) is 38.8 Å². The Morgan fingerprint density at radius 2 is 1.93 bits per heavy atom. The summed E-state index contributed by atoms with van der Waals surface area (Å²) in [7, 11) is 1.78. The van der Waals surface area contributed by atoms with Gasteiger partial charge in [0.05, 0.1) is 17.2 Å². The van der Waals surface area contributed by atoms with Crippen LogP contribution in [-0.2, 0) is 0 Å². The number of amides is 1. The summed E-state index contributed by atoms with van der Waals surface area (Å²) in [5.41, 5.74) is 3.13. The molecule has 2 aromatic carbocycles. The minimum atomic E-state index is -0.233. The van der Waals surface area contributed by atoms with E-state index in [1.54, 1.807) is 30.3 Å². The zero-order valence-corrected chi connectivity index (χ0v) is 15.3. The maximum Gasteiger partial charge on any atom is 0.274 e. The SMILES string of the molecule is CCCN(C)C(=O)c1ccc2c(c1)[nH]c(=O)c1cnc(-c3ccccc3)n12. The van der Waals surface area contributed by atoms with Crippen LogP contribution in [0.5, 0.6) is 0 Å². The molecular weight excluding hydrogens is 340 g/mol. The van der Waals surface area contributed by atoms with E-state index in [0.29, 0.717) is 29.0 Å². The average molecular weight is 360 g/mol. The summed E-state index contributed by atoms with van der Waals surface area (Å²) in [5.74, 6) is 0.637. The highest BCUT2D eigenvalue weighted by atomic mass is 16.2. The molecule has 0 bridgehead atoms. The molecule has 0 saturated heterocycles. The van der Waals surface area contributed by atoms with E-state index in [4.69, 9.17) is 0 Å². The van der Waals surface area contributed by atoms with Gasteiger partial charge in [0.15, 0.2) is 0 Å². The monoisotopic (exact) mass is 360 g/mol. The van der Waals surface area contributed by atoms with Crippen LogP contribution in [0.1, 0.15) is 23.7 Å². The minimum Gasteiger partial charge on any atom is -0.342 e. The zero-order chi connectivity index (χ0) is 19.0. The lowest BCUT2D eigenvalue weighted by Gasteiger charge is -2.16. The summed E-state index contributed by atoms with van der Waals surface area (Å²) in [5, 5.41) is 0. The van der Waals surface area contributed by atoms with Gasteiger partial charge < -0.3 is 9.88 Å². The molecule has 2 aromatic heterocycles. The van der Waals surface area contributed by atoms with Crippen LogP contribution in [0.25, 0.3) is 27.9 Å². The summed E-state index contributed by atoms with van der Waals surface area (Å²) in [4.78, 5) is 34.1. The van der Waals surface area contributed by atoms with E-state index in [0.717, 1.165) is 17.5 Å². The van der Waals surface area contributed by atoms with Gasteiger partial charge in [0.1, 0.15) is 11.3 Å². The van der Waals surface area contributed by atoms with Crippen LogP contribution < -0.4 is 5.56 Å². The lowest BCUT2D eigenvalue weighted by Crippen LogP contribution is -2.27. The van der Waals surface area contributed by atoms with Crippen LogP contribution >= 0.6 is 0 Å². The maximum atomic E-state index is 12.6. The van der Waals surface area contributed by atoms with Gasteiger partial charge in [-0.2, -0.15) is 0 Å². The third-order valence-corrected chi connectivity index (χ3v) is 4.66. The van der Waals surface area contributed by atoms with Crippen molar-refractivity contribution in [2.75, 3.05) is 13.6 Å². The lowest BCUT2D eigenvalue weighted by molar-refractivity contribution is 0.0795. The number of imidazole rings is 1. The number of carbonyl (C=O) groups is 1. The van der Waals surface area contributed by atoms with Crippen molar-refractivity contribution in [3.8, 4) is 11.4 Å². The van der Waals surface area contributed by atoms with Crippen molar-refractivity contribution in [1.82, 2.24) is 19.3 Å². The standard InChI is InChI=1S/C21H20N4O2/c1-3-11-24(2)21(27)15-9-10-17-16(12-15)23-20(26)18-13-22-19(25(17)18)14-7-5-4-6-8-14/h4-10,12-13H,3,11H2,1-2H3,(H,23,26). The molecule has 6 nitrogen and oxygen atoms in total. The van der Waals surface area contributed by atoms with E-state index in [9.17, 15) is 9.59 Å². The van der Waals surface area contributed by atoms with E-state index in [2.05, 4.69) is 9.97 Å². The summed E-state index contributed by atoms with van der Waals surface area (Å²) < 4.78 is 1.84. The number of rotatable bonds is 4. The fourth-order valence-corrected chi connectivity index (χ4v) is 3.35. The molecule has 0 atom stereocenters. The van der Waals surface area contributed by atoms with Gasteiger partial charge >= 0.3 is 0 Å². The Hall–Kier alpha value is -3.41. The van der Waals surface area contributed by atoms with Crippen molar-refractivity contribution in [3.63, 3.8) is 0 Å². The van der Waals surface area contributed by atoms with Gasteiger partial charge in [-0.1, -0.05) is 37.3 Å². The number of nitrogens with one attached hydrogen (secondary N) is 1. The number of hydrogen-bond donors (Lipinski definition) is 1. The molecule has 0 spiro atoms. The van der Waals surface area contributed by atoms with Crippen LogP contribution in [0.3, 0.4) is 0 Å². The number of carbonyl (C=O) groups excluding carboxylic acids is 1. The van der Waals surface area contributed by atoms with Crippen molar-refractivity contribution < 1.29 is 4.79 Å². The van der Waals surface area contributed by atoms with Gasteiger partial charge in [0.25, 0.3) is 11.5 Å². The number of hydrogen-bond acceptors (Lipinski definition) is 3. The van der Waals surface area contributed by atoms with Crippen LogP contribution in [0.2, 0.25) is 0 Å². The Labute approximate surface area is 156 Å². The predicted molar refractivity (Wildman–Crippen MR) is 106 cm³/mol. The molecule has 0 aliphatic rings. The molecule has 0 aliphatic heterocycles. The van der Waals surface area contributed by atoms with Crippen molar-refractivity contribution >= 4 is 22.5 Å². The van der Waals surface area contributed by atoms with Crippen molar-refractivity contribution in [2.24, 2.45) is 0 Å². The predicted octanol–water partition coefficient (Wildman–Crippen LogP) is 3.32. The molecular formula is C21H20N4O2. The second-order valence-electron chi connectivity index (χ2n) is 6.58. The Morgan fingerprint density at radius 1 is 1.15 bits per heavy atom. The maximum absolute atomic E-state index is 12.6. The number of H-pyrrole nitrogens is 1. The van der Waals surface area contributed by atoms with E-state index >= 15 is 0 Å². The number of fused-ring (bicyclic) bond motifs is 3. The van der Waals surface area contributed by atoms with E-state index in [-0.39, 0.29) is 11.5 Å². The second kappa shape index (κ2) is 6.72. The number of benzene rings is 2. The van der Waals surface area contributed by atoms with Gasteiger partial charge in [-0.15, -0.1) is 0 Å². The zero-order valence-electron chi connectivity index (χ0n) is 15.3. The smallest absolute Gasteiger partial charge is 0.274 e. The highest BCUT2D eigenvalue weighted by molar-refractivity contribution is 5.97. The molecule has 0 radical (unpaired) electrons. The van der Waals surface area contributed by atoms with Crippen LogP contribution in [0.4, 0.5) is 0 Å². The molecule has 27 heavy (non-hydrogen) atoms. The highest BCUT2D eigenvalue weighted by Crippen LogP contribution is 2.23. The first-order valence-corrected chi connectivity index (χ1v) is 8.94.